The zero-order valence-electron chi connectivity index (χ0n) is 6.62. The van der Waals surface area contributed by atoms with E-state index in [4.69, 9.17) is 0 Å². The van der Waals surface area contributed by atoms with Gasteiger partial charge in [-0.1, -0.05) is 13.8 Å². The van der Waals surface area contributed by atoms with Gasteiger partial charge in [0.1, 0.15) is 0 Å². The second-order valence-corrected chi connectivity index (χ2v) is 2.85. The maximum atomic E-state index is 9.76. The summed E-state index contributed by atoms with van der Waals surface area (Å²) in [6.07, 6.45) is 0.786. The predicted octanol–water partition coefficient (Wildman–Crippen LogP) is -2.15. The second kappa shape index (κ2) is 8.17. The van der Waals surface area contributed by atoms with Crippen LogP contribution < -0.4 is 29.6 Å². The van der Waals surface area contributed by atoms with Crippen molar-refractivity contribution in [3.8, 4) is 0 Å². The minimum atomic E-state index is -2.33. The first-order valence-corrected chi connectivity index (χ1v) is 3.85. The van der Waals surface area contributed by atoms with Crippen LogP contribution in [0.5, 0.6) is 0 Å². The molecule has 0 saturated heterocycles. The van der Waals surface area contributed by atoms with Crippen molar-refractivity contribution in [2.75, 3.05) is 6.61 Å². The van der Waals surface area contributed by atoms with E-state index >= 15 is 0 Å². The van der Waals surface area contributed by atoms with E-state index in [0.717, 1.165) is 6.42 Å². The van der Waals surface area contributed by atoms with Crippen molar-refractivity contribution in [2.24, 2.45) is 5.92 Å². The monoisotopic (exact) mass is 174 g/mol. The summed E-state index contributed by atoms with van der Waals surface area (Å²) in [5.74, 6) is 0.494. The first-order valence-electron chi connectivity index (χ1n) is 2.85. The number of rotatable bonds is 4. The van der Waals surface area contributed by atoms with E-state index < -0.39 is 11.4 Å². The van der Waals surface area contributed by atoms with Crippen LogP contribution in [-0.2, 0) is 15.5 Å². The molecule has 0 N–H and O–H groups in total. The zero-order valence-corrected chi connectivity index (χ0v) is 9.44. The summed E-state index contributed by atoms with van der Waals surface area (Å²) in [5, 5.41) is 0. The van der Waals surface area contributed by atoms with E-state index in [1.54, 1.807) is 0 Å². The van der Waals surface area contributed by atoms with Crippen LogP contribution in [0.15, 0.2) is 0 Å². The molecular formula is C5H11NaO3S. The Labute approximate surface area is 86.3 Å². The Morgan fingerprint density at radius 2 is 2.10 bits per heavy atom. The molecule has 5 heteroatoms. The first-order chi connectivity index (χ1) is 4.13. The van der Waals surface area contributed by atoms with Gasteiger partial charge in [-0.3, -0.25) is 0 Å². The molecule has 3 nitrogen and oxygen atoms in total. The maximum Gasteiger partial charge on any atom is 1.00 e. The minimum Gasteiger partial charge on any atom is -0.750 e. The summed E-state index contributed by atoms with van der Waals surface area (Å²) >= 11 is -2.33. The predicted molar refractivity (Wildman–Crippen MR) is 34.3 cm³/mol. The fraction of sp³-hybridized carbons (Fsp3) is 1.00. The Bertz CT molecular complexity index is 96.9. The van der Waals surface area contributed by atoms with Gasteiger partial charge in [0.15, 0.2) is 0 Å². The molecule has 0 aromatic rings. The fourth-order valence-corrected chi connectivity index (χ4v) is 0.584. The van der Waals surface area contributed by atoms with Gasteiger partial charge in [0, 0.05) is 0 Å². The van der Waals surface area contributed by atoms with Crippen LogP contribution in [0.4, 0.5) is 0 Å². The zero-order chi connectivity index (χ0) is 7.28. The molecule has 56 valence electrons. The summed E-state index contributed by atoms with van der Waals surface area (Å²) in [4.78, 5) is 0. The van der Waals surface area contributed by atoms with Gasteiger partial charge < -0.3 is 8.74 Å². The molecule has 0 bridgehead atoms. The maximum absolute atomic E-state index is 9.76. The van der Waals surface area contributed by atoms with Crippen LogP contribution in [0.25, 0.3) is 0 Å². The molecule has 0 saturated carbocycles. The summed E-state index contributed by atoms with van der Waals surface area (Å²) < 4.78 is 23.8. The summed E-state index contributed by atoms with van der Waals surface area (Å²) in [7, 11) is 0. The standard InChI is InChI=1S/C5H12O3S.Na/c1-5(2)3-4-8-9(6)7;/h5H,3-4H2,1-2H3,(H,6,7);/q;+1/p-1. The molecule has 0 heterocycles. The Balaban J connectivity index is 0. The van der Waals surface area contributed by atoms with E-state index in [1.807, 2.05) is 13.8 Å². The molecule has 1 atom stereocenters. The summed E-state index contributed by atoms with van der Waals surface area (Å²) in [6.45, 7) is 4.32. The fourth-order valence-electron chi connectivity index (χ4n) is 0.352. The van der Waals surface area contributed by atoms with E-state index in [2.05, 4.69) is 4.18 Å². The molecule has 0 aromatic heterocycles. The van der Waals surface area contributed by atoms with Gasteiger partial charge in [-0.15, -0.1) is 0 Å². The normalized spacial score (nSPS) is 12.8. The van der Waals surface area contributed by atoms with E-state index in [9.17, 15) is 8.76 Å². The molecule has 0 aliphatic carbocycles. The first kappa shape index (κ1) is 13.6. The molecule has 0 aliphatic heterocycles. The van der Waals surface area contributed by atoms with Crippen molar-refractivity contribution >= 4 is 11.4 Å². The van der Waals surface area contributed by atoms with Crippen molar-refractivity contribution in [1.29, 1.82) is 0 Å². The van der Waals surface area contributed by atoms with Crippen LogP contribution in [-0.4, -0.2) is 15.4 Å². The van der Waals surface area contributed by atoms with E-state index in [0.29, 0.717) is 12.5 Å². The molecule has 0 radical (unpaired) electrons. The molecule has 10 heavy (non-hydrogen) atoms. The van der Waals surface area contributed by atoms with Crippen molar-refractivity contribution in [3.05, 3.63) is 0 Å². The average Bonchev–Trinajstić information content (AvgIpc) is 1.63. The summed E-state index contributed by atoms with van der Waals surface area (Å²) in [6, 6.07) is 0. The van der Waals surface area contributed by atoms with Crippen LogP contribution in [0, 0.1) is 5.92 Å². The molecule has 0 aliphatic rings. The molecule has 0 amide bonds. The molecule has 0 rings (SSSR count). The van der Waals surface area contributed by atoms with E-state index in [-0.39, 0.29) is 29.6 Å². The second-order valence-electron chi connectivity index (χ2n) is 2.21. The third-order valence-corrected chi connectivity index (χ3v) is 1.23. The van der Waals surface area contributed by atoms with Crippen molar-refractivity contribution < 1.29 is 42.5 Å². The Morgan fingerprint density at radius 1 is 1.60 bits per heavy atom. The van der Waals surface area contributed by atoms with Crippen LogP contribution in [0.2, 0.25) is 0 Å². The van der Waals surface area contributed by atoms with E-state index in [1.165, 1.54) is 0 Å². The van der Waals surface area contributed by atoms with Gasteiger partial charge in [0.2, 0.25) is 0 Å². The van der Waals surface area contributed by atoms with Gasteiger partial charge in [-0.2, -0.15) is 0 Å². The molecule has 0 spiro atoms. The van der Waals surface area contributed by atoms with Crippen molar-refractivity contribution in [2.45, 2.75) is 20.3 Å². The Hall–Kier alpha value is 1.07. The van der Waals surface area contributed by atoms with Crippen LogP contribution in [0.1, 0.15) is 20.3 Å². The van der Waals surface area contributed by atoms with Crippen molar-refractivity contribution in [1.82, 2.24) is 0 Å². The quantitative estimate of drug-likeness (QED) is 0.360. The average molecular weight is 174 g/mol. The van der Waals surface area contributed by atoms with Crippen molar-refractivity contribution in [3.63, 3.8) is 0 Å². The third-order valence-electron chi connectivity index (χ3n) is 0.875. The van der Waals surface area contributed by atoms with Crippen LogP contribution in [0.3, 0.4) is 0 Å². The van der Waals surface area contributed by atoms with Gasteiger partial charge >= 0.3 is 29.6 Å². The van der Waals surface area contributed by atoms with Crippen LogP contribution >= 0.6 is 0 Å². The smallest absolute Gasteiger partial charge is 0.750 e. The molecule has 1 unspecified atom stereocenters. The number of hydrogen-bond donors (Lipinski definition) is 0. The minimum absolute atomic E-state index is 0. The molecular weight excluding hydrogens is 163 g/mol. The molecule has 0 fully saturated rings. The van der Waals surface area contributed by atoms with Gasteiger partial charge in [0.25, 0.3) is 0 Å². The Morgan fingerprint density at radius 3 is 2.40 bits per heavy atom. The van der Waals surface area contributed by atoms with Gasteiger partial charge in [-0.05, 0) is 12.3 Å². The largest absolute Gasteiger partial charge is 1.00 e. The van der Waals surface area contributed by atoms with Gasteiger partial charge in [0.05, 0.1) is 18.0 Å². The van der Waals surface area contributed by atoms with Gasteiger partial charge in [-0.25, -0.2) is 4.21 Å². The SMILES string of the molecule is CC(C)CCOS(=O)[O-].[Na+]. The summed E-state index contributed by atoms with van der Waals surface area (Å²) in [5.41, 5.74) is 0. The number of hydrogen-bond acceptors (Lipinski definition) is 3. The third kappa shape index (κ3) is 11.8. The molecule has 0 aromatic carbocycles. The Kier molecular flexibility index (Phi) is 11.1. The topological polar surface area (TPSA) is 49.4 Å².